The van der Waals surface area contributed by atoms with E-state index in [1.54, 1.807) is 0 Å². The van der Waals surface area contributed by atoms with Crippen molar-refractivity contribution in [1.82, 2.24) is 4.57 Å². The predicted molar refractivity (Wildman–Crippen MR) is 518 cm³/mol. The Morgan fingerprint density at radius 2 is 0.689 bits per heavy atom. The topological polar surface area (TPSA) is 28.4 Å². The maximum absolute atomic E-state index is 10.8. The number of benzene rings is 19. The Bertz CT molecular complexity index is 7590. The smallest absolute Gasteiger partial charge is 0.0846 e. The number of hydrogen-bond donors (Lipinski definition) is 1. The van der Waals surface area contributed by atoms with Crippen LogP contribution in [-0.4, -0.2) is 9.67 Å². The number of fused-ring (bicyclic) bond motifs is 30. The lowest BCUT2D eigenvalue weighted by molar-refractivity contribution is 0.0792. The summed E-state index contributed by atoms with van der Waals surface area (Å²) in [7, 11) is 0. The summed E-state index contributed by atoms with van der Waals surface area (Å²) >= 11 is 3.70. The highest BCUT2D eigenvalue weighted by Gasteiger charge is 2.43. The van der Waals surface area contributed by atoms with Gasteiger partial charge < -0.3 is 14.6 Å². The van der Waals surface area contributed by atoms with Crippen LogP contribution in [0.3, 0.4) is 0 Å². The number of rotatable bonds is 7. The van der Waals surface area contributed by atoms with E-state index in [-0.39, 0.29) is 10.8 Å². The summed E-state index contributed by atoms with van der Waals surface area (Å²) in [6, 6.07) is 141. The van der Waals surface area contributed by atoms with E-state index in [1.807, 2.05) is 26.0 Å². The number of hydrogen-bond acceptors (Lipinski definition) is 2. The fraction of sp³-hybridized carbons (Fsp3) is 0.102. The molecule has 20 aromatic rings. The average Bonchev–Trinajstić information content (AvgIpc) is 1.52. The minimum absolute atomic E-state index is 0.0253. The monoisotopic (exact) mass is 1630 g/mol. The van der Waals surface area contributed by atoms with Crippen LogP contribution in [0.2, 0.25) is 0 Å². The van der Waals surface area contributed by atoms with E-state index in [0.717, 1.165) is 47.5 Å². The minimum atomic E-state index is -0.894. The highest BCUT2D eigenvalue weighted by atomic mass is 79.9. The third-order valence-electron chi connectivity index (χ3n) is 26.9. The van der Waals surface area contributed by atoms with Crippen molar-refractivity contribution < 1.29 is 5.11 Å². The molecule has 0 amide bonds. The van der Waals surface area contributed by atoms with Gasteiger partial charge >= 0.3 is 0 Å². The number of aromatic nitrogens is 1. The molecule has 1 heterocycles. The highest BCUT2D eigenvalue weighted by Crippen LogP contribution is 2.60. The van der Waals surface area contributed by atoms with Gasteiger partial charge in [-0.3, -0.25) is 0 Å². The summed E-state index contributed by atoms with van der Waals surface area (Å²) in [6.45, 7) is 13.3. The molecule has 4 heteroatoms. The molecule has 19 aromatic carbocycles. The highest BCUT2D eigenvalue weighted by molar-refractivity contribution is 9.10. The summed E-state index contributed by atoms with van der Waals surface area (Å²) < 4.78 is 3.69. The van der Waals surface area contributed by atoms with Gasteiger partial charge in [0.1, 0.15) is 0 Å². The molecule has 0 aliphatic heterocycles. The van der Waals surface area contributed by atoms with Gasteiger partial charge in [0, 0.05) is 54.2 Å². The zero-order valence-electron chi connectivity index (χ0n) is 69.3. The second kappa shape index (κ2) is 29.3. The third-order valence-corrected chi connectivity index (χ3v) is 27.5. The lowest BCUT2D eigenvalue weighted by atomic mass is 9.77. The zero-order chi connectivity index (χ0) is 82.3. The molecule has 0 fully saturated rings. The summed E-state index contributed by atoms with van der Waals surface area (Å²) in [5.41, 5.74) is 40.2. The summed E-state index contributed by atoms with van der Waals surface area (Å²) in [5, 5.41) is 24.1. The lowest BCUT2D eigenvalue weighted by Crippen LogP contribution is -2.16. The van der Waals surface area contributed by atoms with Gasteiger partial charge in [0.05, 0.1) is 16.6 Å². The molecule has 1 N–H and O–H groups in total. The molecule has 5 aliphatic carbocycles. The van der Waals surface area contributed by atoms with Gasteiger partial charge in [-0.25, -0.2) is 0 Å². The Hall–Kier alpha value is -13.7. The van der Waals surface area contributed by atoms with Crippen LogP contribution in [0.15, 0.2) is 393 Å². The quantitative estimate of drug-likeness (QED) is 0.172. The second-order valence-corrected chi connectivity index (χ2v) is 35.8. The van der Waals surface area contributed by atoms with Gasteiger partial charge in [0.25, 0.3) is 0 Å². The van der Waals surface area contributed by atoms with E-state index in [1.165, 1.54) is 203 Å². The average molecular weight is 1630 g/mol. The molecule has 25 rings (SSSR count). The third kappa shape index (κ3) is 12.0. The lowest BCUT2D eigenvalue weighted by Gasteiger charge is -2.25. The number of para-hydroxylation sites is 3. The standard InChI is InChI=1S/C49H36N2.C26H22O.C26H20.C17H11Br/c1-49(2)43-23-13-11-21-41(43)45-39-19-9-10-20-40(39)48-46(47(45)49)42-22-12-14-24-44(42)51(48)38-31-27-34(28-32-38)33-25-29-37(30-26-33)50(35-15-5-3-6-16-35)36-17-7-4-8-18-36;1-26(2,27)25-14-8-7-13-21(25)24-16-23-18-10-4-3-9-17(18)15-22(23)19-11-5-6-12-20(19)24;1-26(2)22-14-8-7-13-20(22)24-19-12-6-5-11-18(19)21-15-16-9-3-4-10-17(16)23(21)25(24)26;18-17-10-16-12-6-2-1-5-11(12)9-15(16)13-7-3-4-8-14(13)17/h3-32H,1-2H3;3-14,16,27H,15H2,1-2H3;3-14H,15H2,1-2H3;1-8,10H,9H2. The van der Waals surface area contributed by atoms with Crippen LogP contribution < -0.4 is 4.90 Å². The molecule has 0 saturated heterocycles. The van der Waals surface area contributed by atoms with Gasteiger partial charge in [-0.15, -0.1) is 0 Å². The second-order valence-electron chi connectivity index (χ2n) is 35.0. The van der Waals surface area contributed by atoms with Crippen molar-refractivity contribution in [2.75, 3.05) is 4.90 Å². The van der Waals surface area contributed by atoms with E-state index in [4.69, 9.17) is 0 Å². The van der Waals surface area contributed by atoms with E-state index in [9.17, 15) is 5.11 Å². The summed E-state index contributed by atoms with van der Waals surface area (Å²) in [4.78, 5) is 2.30. The first-order valence-corrected chi connectivity index (χ1v) is 43.6. The van der Waals surface area contributed by atoms with Gasteiger partial charge in [-0.05, 0) is 277 Å². The van der Waals surface area contributed by atoms with Crippen LogP contribution in [0.5, 0.6) is 0 Å². The molecule has 0 spiro atoms. The molecule has 0 radical (unpaired) electrons. The Labute approximate surface area is 721 Å². The molecule has 584 valence electrons. The maximum Gasteiger partial charge on any atom is 0.0846 e. The Balaban J connectivity index is 0.000000105. The fourth-order valence-electron chi connectivity index (χ4n) is 21.5. The van der Waals surface area contributed by atoms with E-state index < -0.39 is 5.60 Å². The van der Waals surface area contributed by atoms with Crippen molar-refractivity contribution in [3.8, 4) is 83.6 Å². The molecule has 3 nitrogen and oxygen atoms in total. The summed E-state index contributed by atoms with van der Waals surface area (Å²) in [6.07, 6.45) is 3.09. The molecule has 0 bridgehead atoms. The van der Waals surface area contributed by atoms with Gasteiger partial charge in [0.15, 0.2) is 0 Å². The Kier molecular flexibility index (Phi) is 17.9. The summed E-state index contributed by atoms with van der Waals surface area (Å²) in [5.74, 6) is 0. The van der Waals surface area contributed by atoms with Crippen LogP contribution in [-0.2, 0) is 35.7 Å². The number of aliphatic hydroxyl groups is 1. The van der Waals surface area contributed by atoms with Crippen LogP contribution in [0.4, 0.5) is 17.1 Å². The maximum atomic E-state index is 10.8. The fourth-order valence-corrected chi connectivity index (χ4v) is 22.1. The minimum Gasteiger partial charge on any atom is -0.386 e. The van der Waals surface area contributed by atoms with Crippen LogP contribution in [0.1, 0.15) is 103 Å². The van der Waals surface area contributed by atoms with E-state index >= 15 is 0 Å². The van der Waals surface area contributed by atoms with E-state index in [0.29, 0.717) is 0 Å². The normalized spacial score (nSPS) is 13.4. The van der Waals surface area contributed by atoms with Gasteiger partial charge in [-0.1, -0.05) is 365 Å². The van der Waals surface area contributed by atoms with E-state index in [2.05, 4.69) is 429 Å². The molecule has 0 unspecified atom stereocenters. The first kappa shape index (κ1) is 74.5. The first-order chi connectivity index (χ1) is 59.7. The number of anilines is 3. The van der Waals surface area contributed by atoms with Gasteiger partial charge in [-0.2, -0.15) is 0 Å². The Morgan fingerprint density at radius 3 is 1.26 bits per heavy atom. The number of halogens is 1. The molecule has 0 saturated carbocycles. The molecule has 0 atom stereocenters. The molecular weight excluding hydrogens is 1540 g/mol. The zero-order valence-corrected chi connectivity index (χ0v) is 70.9. The largest absolute Gasteiger partial charge is 0.386 e. The van der Waals surface area contributed by atoms with Crippen molar-refractivity contribution >= 4 is 97.9 Å². The SMILES string of the molecule is Brc1cc2c(c3ccccc13)Cc1ccccc1-2.CC(C)(O)c1ccccc1-c1cc2c(c3ccccc13)Cc1ccccc1-2.CC1(C)c2ccccc2-c2c1c1c(c3ccccc23)Cc2ccccc2-1.CC1(C)c2ccccc2-c2c1c1c3ccccc3n(-c3ccc(-c4ccc(N(c5ccccc5)c5ccccc5)cc4)cc3)c1c1ccccc21. The number of nitrogens with zero attached hydrogens (tertiary/aromatic N) is 2. The van der Waals surface area contributed by atoms with Crippen molar-refractivity contribution in [2.24, 2.45) is 0 Å². The van der Waals surface area contributed by atoms with Crippen molar-refractivity contribution in [3.63, 3.8) is 0 Å². The molecule has 122 heavy (non-hydrogen) atoms. The molecular formula is C118H89BrN2O. The molecule has 1 aromatic heterocycles. The first-order valence-electron chi connectivity index (χ1n) is 42.8. The van der Waals surface area contributed by atoms with Crippen molar-refractivity contribution in [1.29, 1.82) is 0 Å². The Morgan fingerprint density at radius 1 is 0.303 bits per heavy atom. The molecule has 5 aliphatic rings. The van der Waals surface area contributed by atoms with Crippen molar-refractivity contribution in [2.45, 2.75) is 77.2 Å². The van der Waals surface area contributed by atoms with Crippen LogP contribution in [0.25, 0.3) is 148 Å². The van der Waals surface area contributed by atoms with Crippen LogP contribution >= 0.6 is 15.9 Å². The van der Waals surface area contributed by atoms with Crippen LogP contribution in [0, 0.1) is 0 Å². The van der Waals surface area contributed by atoms with Crippen molar-refractivity contribution in [3.05, 3.63) is 454 Å². The van der Waals surface area contributed by atoms with Gasteiger partial charge in [0.2, 0.25) is 0 Å². The predicted octanol–water partition coefficient (Wildman–Crippen LogP) is 31.6.